The molecule has 0 heterocycles. The molecule has 0 aliphatic carbocycles. The minimum atomic E-state index is -0.986. The number of aliphatic carboxylic acids is 1. The Morgan fingerprint density at radius 1 is 1.12 bits per heavy atom. The van der Waals surface area contributed by atoms with Gasteiger partial charge in [0.2, 0.25) is 0 Å². The van der Waals surface area contributed by atoms with Crippen LogP contribution in [0.5, 0.6) is 5.75 Å². The first-order chi connectivity index (χ1) is 6.97. The fourth-order valence-corrected chi connectivity index (χ4v) is 0.604. The number of phenolic OH excluding ortho intramolecular Hbond substituents is 1. The quantitative estimate of drug-likeness (QED) is 0.664. The van der Waals surface area contributed by atoms with E-state index in [0.717, 1.165) is 0 Å². The molecule has 0 atom stereocenters. The molecule has 0 unspecified atom stereocenters. The van der Waals surface area contributed by atoms with Gasteiger partial charge >= 0.3 is 41.5 Å². The summed E-state index contributed by atoms with van der Waals surface area (Å²) in [6, 6.07) is 5.36. The van der Waals surface area contributed by atoms with Gasteiger partial charge in [0, 0.05) is 6.42 Å². The molecular formula is C10H13NaO5. The summed E-state index contributed by atoms with van der Waals surface area (Å²) in [7, 11) is 0. The van der Waals surface area contributed by atoms with Crippen LogP contribution in [0.4, 0.5) is 0 Å². The molecule has 6 heteroatoms. The van der Waals surface area contributed by atoms with E-state index < -0.39 is 11.9 Å². The Morgan fingerprint density at radius 3 is 1.75 bits per heavy atom. The fraction of sp³-hybridized carbons (Fsp3) is 0.200. The predicted octanol–water partition coefficient (Wildman–Crippen LogP) is 0.923. The number of hydrogen-bond acceptors (Lipinski definition) is 3. The van der Waals surface area contributed by atoms with Crippen LogP contribution < -0.4 is 0 Å². The zero-order chi connectivity index (χ0) is 11.8. The summed E-state index contributed by atoms with van der Waals surface area (Å²) in [6.45, 7) is 1.60. The standard InChI is InChI=1S/C7H6O3.C3H6O2.Na.H/c8-6-3-1-5(2-4-6)7(9)10;1-2-3(4)5;;/h1-4,8H,(H,9,10);2H2,1H3,(H,4,5);;. The van der Waals surface area contributed by atoms with E-state index in [1.807, 2.05) is 0 Å². The van der Waals surface area contributed by atoms with Gasteiger partial charge in [-0.1, -0.05) is 6.92 Å². The van der Waals surface area contributed by atoms with Crippen molar-refractivity contribution in [2.45, 2.75) is 13.3 Å². The van der Waals surface area contributed by atoms with Gasteiger partial charge in [-0.2, -0.15) is 0 Å². The number of carboxylic acids is 2. The number of carbonyl (C=O) groups is 2. The molecule has 0 aliphatic heterocycles. The molecule has 0 amide bonds. The maximum absolute atomic E-state index is 10.2. The summed E-state index contributed by atoms with van der Waals surface area (Å²) in [6.07, 6.45) is 0.222. The number of benzene rings is 1. The van der Waals surface area contributed by atoms with Crippen molar-refractivity contribution < 1.29 is 24.9 Å². The van der Waals surface area contributed by atoms with Crippen LogP contribution in [0, 0.1) is 0 Å². The second kappa shape index (κ2) is 9.21. The average molecular weight is 236 g/mol. The van der Waals surface area contributed by atoms with Gasteiger partial charge in [-0.05, 0) is 24.3 Å². The van der Waals surface area contributed by atoms with E-state index in [2.05, 4.69) is 0 Å². The van der Waals surface area contributed by atoms with Crippen LogP contribution in [0.3, 0.4) is 0 Å². The second-order valence-electron chi connectivity index (χ2n) is 2.60. The van der Waals surface area contributed by atoms with Crippen molar-refractivity contribution in [3.8, 4) is 5.75 Å². The number of hydrogen-bond donors (Lipinski definition) is 3. The molecule has 84 valence electrons. The summed E-state index contributed by atoms with van der Waals surface area (Å²) >= 11 is 0. The Kier molecular flexibility index (Phi) is 9.99. The summed E-state index contributed by atoms with van der Waals surface area (Å²) in [4.78, 5) is 19.6. The van der Waals surface area contributed by atoms with Crippen molar-refractivity contribution in [1.29, 1.82) is 0 Å². The van der Waals surface area contributed by atoms with E-state index >= 15 is 0 Å². The number of aromatic carboxylic acids is 1. The predicted molar refractivity (Wildman–Crippen MR) is 60.1 cm³/mol. The number of carboxylic acid groups (broad SMARTS) is 2. The van der Waals surface area contributed by atoms with Gasteiger partial charge in [0.15, 0.2) is 0 Å². The van der Waals surface area contributed by atoms with Crippen molar-refractivity contribution in [3.63, 3.8) is 0 Å². The van der Waals surface area contributed by atoms with E-state index in [1.165, 1.54) is 24.3 Å². The molecule has 16 heavy (non-hydrogen) atoms. The van der Waals surface area contributed by atoms with E-state index in [9.17, 15) is 9.59 Å². The molecule has 0 bridgehead atoms. The van der Waals surface area contributed by atoms with Crippen molar-refractivity contribution in [2.75, 3.05) is 0 Å². The zero-order valence-corrected chi connectivity index (χ0v) is 8.17. The molecule has 0 aliphatic rings. The van der Waals surface area contributed by atoms with Crippen LogP contribution in [0.15, 0.2) is 24.3 Å². The van der Waals surface area contributed by atoms with Crippen LogP contribution in [0.1, 0.15) is 23.7 Å². The molecule has 0 aromatic heterocycles. The van der Waals surface area contributed by atoms with Crippen molar-refractivity contribution in [1.82, 2.24) is 0 Å². The Balaban J connectivity index is 0. The number of aromatic hydroxyl groups is 1. The van der Waals surface area contributed by atoms with E-state index in [-0.39, 0.29) is 47.3 Å². The van der Waals surface area contributed by atoms with Crippen molar-refractivity contribution >= 4 is 41.5 Å². The maximum atomic E-state index is 10.2. The Hall–Kier alpha value is -1.04. The van der Waals surface area contributed by atoms with Crippen LogP contribution in [0.2, 0.25) is 0 Å². The monoisotopic (exact) mass is 236 g/mol. The van der Waals surface area contributed by atoms with Gasteiger partial charge in [0.25, 0.3) is 0 Å². The summed E-state index contributed by atoms with van der Waals surface area (Å²) < 4.78 is 0. The Labute approximate surface area is 115 Å². The SMILES string of the molecule is CCC(=O)O.O=C(O)c1ccc(O)cc1.[NaH]. The number of rotatable bonds is 2. The summed E-state index contributed by atoms with van der Waals surface area (Å²) in [5.41, 5.74) is 0.179. The van der Waals surface area contributed by atoms with Gasteiger partial charge in [-0.15, -0.1) is 0 Å². The molecule has 5 nitrogen and oxygen atoms in total. The third-order valence-electron chi connectivity index (χ3n) is 1.42. The van der Waals surface area contributed by atoms with Crippen molar-refractivity contribution in [3.05, 3.63) is 29.8 Å². The van der Waals surface area contributed by atoms with Crippen LogP contribution in [-0.4, -0.2) is 56.8 Å². The van der Waals surface area contributed by atoms with Gasteiger partial charge in [-0.3, -0.25) is 4.79 Å². The molecule has 1 rings (SSSR count). The zero-order valence-electron chi connectivity index (χ0n) is 8.17. The molecular weight excluding hydrogens is 223 g/mol. The van der Waals surface area contributed by atoms with Crippen LogP contribution in [0.25, 0.3) is 0 Å². The molecule has 0 radical (unpaired) electrons. The minimum absolute atomic E-state index is 0. The average Bonchev–Trinajstić information content (AvgIpc) is 2.19. The van der Waals surface area contributed by atoms with Gasteiger partial charge in [0.1, 0.15) is 5.75 Å². The van der Waals surface area contributed by atoms with E-state index in [4.69, 9.17) is 15.3 Å². The first kappa shape index (κ1) is 17.4. The van der Waals surface area contributed by atoms with Crippen LogP contribution >= 0.6 is 0 Å². The van der Waals surface area contributed by atoms with Gasteiger partial charge in [-0.25, -0.2) is 4.79 Å². The molecule has 1 aromatic rings. The number of phenols is 1. The van der Waals surface area contributed by atoms with E-state index in [1.54, 1.807) is 6.92 Å². The summed E-state index contributed by atoms with van der Waals surface area (Å²) in [5.74, 6) is -1.66. The molecule has 3 N–H and O–H groups in total. The first-order valence-electron chi connectivity index (χ1n) is 4.21. The molecule has 0 saturated carbocycles. The van der Waals surface area contributed by atoms with Gasteiger partial charge < -0.3 is 15.3 Å². The first-order valence-corrected chi connectivity index (χ1v) is 4.21. The van der Waals surface area contributed by atoms with Crippen molar-refractivity contribution in [2.24, 2.45) is 0 Å². The third kappa shape index (κ3) is 8.28. The second-order valence-corrected chi connectivity index (χ2v) is 2.60. The third-order valence-corrected chi connectivity index (χ3v) is 1.42. The fourth-order valence-electron chi connectivity index (χ4n) is 0.604. The van der Waals surface area contributed by atoms with E-state index in [0.29, 0.717) is 0 Å². The Morgan fingerprint density at radius 2 is 1.50 bits per heavy atom. The molecule has 0 fully saturated rings. The van der Waals surface area contributed by atoms with Crippen LogP contribution in [-0.2, 0) is 4.79 Å². The molecule has 0 saturated heterocycles. The summed E-state index contributed by atoms with van der Waals surface area (Å²) in [5, 5.41) is 24.9. The van der Waals surface area contributed by atoms with Gasteiger partial charge in [0.05, 0.1) is 5.56 Å². The Bertz CT molecular complexity index is 334. The normalized spacial score (nSPS) is 8.06. The molecule has 0 spiro atoms. The topological polar surface area (TPSA) is 94.8 Å². The molecule has 1 aromatic carbocycles.